The summed E-state index contributed by atoms with van der Waals surface area (Å²) in [7, 11) is 0. The smallest absolute Gasteiger partial charge is 0.0759 e. The quantitative estimate of drug-likeness (QED) is 0.795. The van der Waals surface area contributed by atoms with Gasteiger partial charge in [0.1, 0.15) is 0 Å². The van der Waals surface area contributed by atoms with Crippen LogP contribution in [0.3, 0.4) is 0 Å². The molecule has 0 saturated heterocycles. The molecule has 0 aliphatic carbocycles. The summed E-state index contributed by atoms with van der Waals surface area (Å²) in [6, 6.07) is 20.2. The van der Waals surface area contributed by atoms with E-state index in [2.05, 4.69) is 40.2 Å². The lowest BCUT2D eigenvalue weighted by Crippen LogP contribution is -2.27. The fourth-order valence-electron chi connectivity index (χ4n) is 2.39. The van der Waals surface area contributed by atoms with E-state index in [9.17, 15) is 10.2 Å². The Balaban J connectivity index is 2.43. The lowest BCUT2D eigenvalue weighted by atomic mass is 9.84. The van der Waals surface area contributed by atoms with E-state index in [-0.39, 0.29) is 19.1 Å². The van der Waals surface area contributed by atoms with E-state index in [1.807, 2.05) is 36.4 Å². The van der Waals surface area contributed by atoms with Gasteiger partial charge in [0.2, 0.25) is 0 Å². The molecule has 106 valence electrons. The Morgan fingerprint density at radius 1 is 0.800 bits per heavy atom. The van der Waals surface area contributed by atoms with Crippen LogP contribution in [0.15, 0.2) is 60.7 Å². The first-order valence-electron chi connectivity index (χ1n) is 6.72. The summed E-state index contributed by atoms with van der Waals surface area (Å²) in [5.41, 5.74) is 2.25. The van der Waals surface area contributed by atoms with Gasteiger partial charge in [-0.2, -0.15) is 0 Å². The zero-order valence-electron chi connectivity index (χ0n) is 11.2. The van der Waals surface area contributed by atoms with Gasteiger partial charge in [0.25, 0.3) is 0 Å². The monoisotopic (exact) mass is 334 g/mol. The normalized spacial score (nSPS) is 11.8. The number of benzene rings is 2. The van der Waals surface area contributed by atoms with Gasteiger partial charge in [-0.3, -0.25) is 0 Å². The minimum absolute atomic E-state index is 0.0243. The van der Waals surface area contributed by atoms with Crippen LogP contribution in [0.25, 0.3) is 0 Å². The number of aliphatic hydroxyl groups excluding tert-OH is 2. The lowest BCUT2D eigenvalue weighted by Gasteiger charge is -2.31. The van der Waals surface area contributed by atoms with Crippen LogP contribution in [-0.2, 0) is 4.32 Å². The van der Waals surface area contributed by atoms with Crippen LogP contribution in [0.2, 0.25) is 0 Å². The van der Waals surface area contributed by atoms with Gasteiger partial charge in [-0.1, -0.05) is 76.6 Å². The van der Waals surface area contributed by atoms with E-state index < -0.39 is 4.32 Å². The van der Waals surface area contributed by atoms with E-state index in [4.69, 9.17) is 0 Å². The number of halogens is 1. The third-order valence-corrected chi connectivity index (χ3v) is 4.79. The van der Waals surface area contributed by atoms with Crippen LogP contribution in [0, 0.1) is 5.92 Å². The third kappa shape index (κ3) is 3.29. The number of alkyl halides is 1. The number of aliphatic hydroxyl groups is 2. The Bertz CT molecular complexity index is 470. The molecule has 2 N–H and O–H groups in total. The van der Waals surface area contributed by atoms with Crippen molar-refractivity contribution in [3.63, 3.8) is 0 Å². The predicted molar refractivity (Wildman–Crippen MR) is 84.9 cm³/mol. The molecule has 2 aromatic carbocycles. The second-order valence-electron chi connectivity index (χ2n) is 4.97. The maximum absolute atomic E-state index is 9.40. The van der Waals surface area contributed by atoms with Gasteiger partial charge in [-0.05, 0) is 17.5 Å². The van der Waals surface area contributed by atoms with Gasteiger partial charge in [-0.25, -0.2) is 0 Å². The Morgan fingerprint density at radius 2 is 1.20 bits per heavy atom. The summed E-state index contributed by atoms with van der Waals surface area (Å²) >= 11 is 3.86. The van der Waals surface area contributed by atoms with E-state index in [1.54, 1.807) is 0 Å². The van der Waals surface area contributed by atoms with Crippen LogP contribution >= 0.6 is 15.9 Å². The van der Waals surface area contributed by atoms with E-state index in [1.165, 1.54) is 0 Å². The Hall–Kier alpha value is -1.16. The molecule has 2 rings (SSSR count). The Kier molecular flexibility index (Phi) is 5.35. The largest absolute Gasteiger partial charge is 0.396 e. The van der Waals surface area contributed by atoms with Crippen molar-refractivity contribution < 1.29 is 10.2 Å². The maximum Gasteiger partial charge on any atom is 0.0759 e. The molecule has 0 aromatic heterocycles. The van der Waals surface area contributed by atoms with E-state index in [0.29, 0.717) is 6.42 Å². The summed E-state index contributed by atoms with van der Waals surface area (Å²) in [5.74, 6) is -0.158. The average Bonchev–Trinajstić information content (AvgIpc) is 2.54. The van der Waals surface area contributed by atoms with Crippen LogP contribution < -0.4 is 0 Å². The molecule has 0 saturated carbocycles. The highest BCUT2D eigenvalue weighted by molar-refractivity contribution is 9.09. The van der Waals surface area contributed by atoms with Gasteiger partial charge >= 0.3 is 0 Å². The first-order chi connectivity index (χ1) is 9.70. The molecule has 20 heavy (non-hydrogen) atoms. The second kappa shape index (κ2) is 7.02. The zero-order chi connectivity index (χ0) is 14.4. The lowest BCUT2D eigenvalue weighted by molar-refractivity contribution is 0.138. The number of hydrogen-bond acceptors (Lipinski definition) is 2. The van der Waals surface area contributed by atoms with Crippen molar-refractivity contribution in [2.45, 2.75) is 10.7 Å². The molecule has 0 radical (unpaired) electrons. The van der Waals surface area contributed by atoms with Crippen molar-refractivity contribution in [2.24, 2.45) is 5.92 Å². The highest BCUT2D eigenvalue weighted by atomic mass is 79.9. The molecule has 0 atom stereocenters. The van der Waals surface area contributed by atoms with Crippen molar-refractivity contribution in [2.75, 3.05) is 13.2 Å². The molecule has 0 heterocycles. The van der Waals surface area contributed by atoms with Crippen LogP contribution in [0.1, 0.15) is 17.5 Å². The van der Waals surface area contributed by atoms with Gasteiger partial charge in [-0.15, -0.1) is 0 Å². The SMILES string of the molecule is OCC(CO)CC(Br)(c1ccccc1)c1ccccc1. The van der Waals surface area contributed by atoms with Gasteiger partial charge in [0.05, 0.1) is 4.32 Å². The van der Waals surface area contributed by atoms with Crippen molar-refractivity contribution in [1.29, 1.82) is 0 Å². The van der Waals surface area contributed by atoms with Gasteiger partial charge in [0, 0.05) is 19.1 Å². The molecule has 0 amide bonds. The highest BCUT2D eigenvalue weighted by Gasteiger charge is 2.33. The van der Waals surface area contributed by atoms with Crippen LogP contribution in [-0.4, -0.2) is 23.4 Å². The fraction of sp³-hybridized carbons (Fsp3) is 0.294. The molecule has 0 fully saturated rings. The standard InChI is InChI=1S/C17H19BrO2/c18-17(11-14(12-19)13-20,15-7-3-1-4-8-15)16-9-5-2-6-10-16/h1-10,14,19-20H,11-13H2. The van der Waals surface area contributed by atoms with Crippen LogP contribution in [0.4, 0.5) is 0 Å². The summed E-state index contributed by atoms with van der Waals surface area (Å²) in [6.45, 7) is -0.0486. The van der Waals surface area contributed by atoms with Crippen molar-refractivity contribution >= 4 is 15.9 Å². The van der Waals surface area contributed by atoms with Crippen molar-refractivity contribution in [1.82, 2.24) is 0 Å². The Labute approximate surface area is 128 Å². The first kappa shape index (κ1) is 15.2. The topological polar surface area (TPSA) is 40.5 Å². The first-order valence-corrected chi connectivity index (χ1v) is 7.51. The average molecular weight is 335 g/mol. The van der Waals surface area contributed by atoms with E-state index >= 15 is 0 Å². The summed E-state index contributed by atoms with van der Waals surface area (Å²) in [6.07, 6.45) is 0.633. The molecular weight excluding hydrogens is 316 g/mol. The third-order valence-electron chi connectivity index (χ3n) is 3.55. The molecule has 0 aliphatic rings. The maximum atomic E-state index is 9.40. The number of rotatable bonds is 6. The molecule has 0 bridgehead atoms. The molecule has 2 aromatic rings. The van der Waals surface area contributed by atoms with Crippen LogP contribution in [0.5, 0.6) is 0 Å². The molecule has 2 nitrogen and oxygen atoms in total. The predicted octanol–water partition coefficient (Wildman–Crippen LogP) is 3.32. The summed E-state index contributed by atoms with van der Waals surface area (Å²) in [5, 5.41) is 18.8. The molecule has 3 heteroatoms. The van der Waals surface area contributed by atoms with E-state index in [0.717, 1.165) is 11.1 Å². The fourth-order valence-corrected chi connectivity index (χ4v) is 3.38. The molecular formula is C17H19BrO2. The van der Waals surface area contributed by atoms with Crippen molar-refractivity contribution in [3.05, 3.63) is 71.8 Å². The zero-order valence-corrected chi connectivity index (χ0v) is 12.8. The number of hydrogen-bond donors (Lipinski definition) is 2. The second-order valence-corrected chi connectivity index (χ2v) is 6.32. The minimum Gasteiger partial charge on any atom is -0.396 e. The molecule has 0 aliphatic heterocycles. The molecule has 0 spiro atoms. The summed E-state index contributed by atoms with van der Waals surface area (Å²) < 4.78 is -0.397. The molecule has 0 unspecified atom stereocenters. The van der Waals surface area contributed by atoms with Crippen molar-refractivity contribution in [3.8, 4) is 0 Å². The highest BCUT2D eigenvalue weighted by Crippen LogP contribution is 2.43. The van der Waals surface area contributed by atoms with Gasteiger partial charge in [0.15, 0.2) is 0 Å². The minimum atomic E-state index is -0.397. The van der Waals surface area contributed by atoms with Gasteiger partial charge < -0.3 is 10.2 Å². The summed E-state index contributed by atoms with van der Waals surface area (Å²) in [4.78, 5) is 0. The Morgan fingerprint density at radius 3 is 1.55 bits per heavy atom.